The molecule has 0 radical (unpaired) electrons. The zero-order valence-corrected chi connectivity index (χ0v) is 14.3. The van der Waals surface area contributed by atoms with Crippen molar-refractivity contribution in [3.8, 4) is 11.4 Å². The van der Waals surface area contributed by atoms with Crippen LogP contribution in [0.15, 0.2) is 67.0 Å². The number of ether oxygens (including phenoxy) is 1. The van der Waals surface area contributed by atoms with Gasteiger partial charge >= 0.3 is 0 Å². The Morgan fingerprint density at radius 3 is 2.64 bits per heavy atom. The number of amides is 1. The largest absolute Gasteiger partial charge is 0.496 e. The van der Waals surface area contributed by atoms with Gasteiger partial charge in [0.2, 0.25) is 5.91 Å². The van der Waals surface area contributed by atoms with Crippen LogP contribution in [-0.2, 0) is 11.2 Å². The molecule has 0 saturated heterocycles. The van der Waals surface area contributed by atoms with Crippen molar-refractivity contribution in [2.75, 3.05) is 7.11 Å². The highest BCUT2D eigenvalue weighted by Gasteiger charge is 2.14. The van der Waals surface area contributed by atoms with Crippen molar-refractivity contribution in [3.05, 3.63) is 78.1 Å². The van der Waals surface area contributed by atoms with E-state index in [4.69, 9.17) is 4.74 Å². The topological polar surface area (TPSA) is 56.1 Å². The number of benzene rings is 2. The lowest BCUT2D eigenvalue weighted by Crippen LogP contribution is -2.28. The summed E-state index contributed by atoms with van der Waals surface area (Å²) < 4.78 is 7.12. The predicted octanol–water partition coefficient (Wildman–Crippen LogP) is 3.30. The van der Waals surface area contributed by atoms with Crippen LogP contribution in [0.25, 0.3) is 5.69 Å². The second kappa shape index (κ2) is 7.66. The number of rotatable bonds is 6. The van der Waals surface area contributed by atoms with Gasteiger partial charge in [0.15, 0.2) is 0 Å². The number of methoxy groups -OCH3 is 1. The van der Waals surface area contributed by atoms with Gasteiger partial charge in [-0.2, -0.15) is 5.10 Å². The molecule has 25 heavy (non-hydrogen) atoms. The summed E-state index contributed by atoms with van der Waals surface area (Å²) in [6.07, 6.45) is 3.88. The molecule has 1 heterocycles. The van der Waals surface area contributed by atoms with Crippen molar-refractivity contribution in [2.24, 2.45) is 0 Å². The van der Waals surface area contributed by atoms with Gasteiger partial charge in [-0.05, 0) is 30.7 Å². The summed E-state index contributed by atoms with van der Waals surface area (Å²) in [6.45, 7) is 1.95. The third kappa shape index (κ3) is 4.07. The zero-order valence-electron chi connectivity index (χ0n) is 14.3. The maximum atomic E-state index is 12.4. The molecule has 1 aromatic heterocycles. The van der Waals surface area contributed by atoms with Gasteiger partial charge in [-0.15, -0.1) is 0 Å². The van der Waals surface area contributed by atoms with Crippen LogP contribution in [0, 0.1) is 0 Å². The SMILES string of the molecule is COc1ccccc1C(C)NC(=O)Cc1cnn(-c2ccccc2)c1. The van der Waals surface area contributed by atoms with E-state index in [1.54, 1.807) is 18.0 Å². The van der Waals surface area contributed by atoms with Crippen LogP contribution in [0.4, 0.5) is 0 Å². The fourth-order valence-corrected chi connectivity index (χ4v) is 2.75. The van der Waals surface area contributed by atoms with Gasteiger partial charge in [-0.3, -0.25) is 4.79 Å². The number of para-hydroxylation sites is 2. The summed E-state index contributed by atoms with van der Waals surface area (Å²) in [5, 5.41) is 7.33. The minimum Gasteiger partial charge on any atom is -0.496 e. The number of aromatic nitrogens is 2. The smallest absolute Gasteiger partial charge is 0.225 e. The predicted molar refractivity (Wildman–Crippen MR) is 96.8 cm³/mol. The quantitative estimate of drug-likeness (QED) is 0.752. The molecule has 1 N–H and O–H groups in total. The van der Waals surface area contributed by atoms with Gasteiger partial charge in [0.25, 0.3) is 0 Å². The van der Waals surface area contributed by atoms with E-state index >= 15 is 0 Å². The number of carbonyl (C=O) groups excluding carboxylic acids is 1. The molecule has 0 bridgehead atoms. The number of carbonyl (C=O) groups is 1. The molecule has 2 aromatic carbocycles. The molecule has 128 valence electrons. The van der Waals surface area contributed by atoms with Crippen molar-refractivity contribution in [2.45, 2.75) is 19.4 Å². The summed E-state index contributed by atoms with van der Waals surface area (Å²) >= 11 is 0. The second-order valence-electron chi connectivity index (χ2n) is 5.84. The van der Waals surface area contributed by atoms with Gasteiger partial charge in [-0.25, -0.2) is 4.68 Å². The van der Waals surface area contributed by atoms with E-state index in [-0.39, 0.29) is 18.4 Å². The number of hydrogen-bond acceptors (Lipinski definition) is 3. The normalized spacial score (nSPS) is 11.8. The van der Waals surface area contributed by atoms with Gasteiger partial charge in [0.05, 0.1) is 31.5 Å². The Kier molecular flexibility index (Phi) is 5.14. The molecule has 0 aliphatic heterocycles. The fraction of sp³-hybridized carbons (Fsp3) is 0.200. The molecule has 0 aliphatic rings. The number of nitrogens with zero attached hydrogens (tertiary/aromatic N) is 2. The van der Waals surface area contributed by atoms with E-state index in [9.17, 15) is 4.79 Å². The van der Waals surface area contributed by atoms with Gasteiger partial charge in [-0.1, -0.05) is 36.4 Å². The highest BCUT2D eigenvalue weighted by Crippen LogP contribution is 2.24. The molecule has 5 heteroatoms. The summed E-state index contributed by atoms with van der Waals surface area (Å²) in [5.74, 6) is 0.721. The lowest BCUT2D eigenvalue weighted by Gasteiger charge is -2.17. The van der Waals surface area contributed by atoms with Crippen LogP contribution in [0.3, 0.4) is 0 Å². The Balaban J connectivity index is 1.64. The fourth-order valence-electron chi connectivity index (χ4n) is 2.75. The van der Waals surface area contributed by atoms with E-state index in [2.05, 4.69) is 10.4 Å². The van der Waals surface area contributed by atoms with Gasteiger partial charge in [0.1, 0.15) is 5.75 Å². The van der Waals surface area contributed by atoms with E-state index < -0.39 is 0 Å². The van der Waals surface area contributed by atoms with Gasteiger partial charge < -0.3 is 10.1 Å². The molecular weight excluding hydrogens is 314 g/mol. The molecule has 0 saturated carbocycles. The van der Waals surface area contributed by atoms with Crippen molar-refractivity contribution in [1.29, 1.82) is 0 Å². The highest BCUT2D eigenvalue weighted by atomic mass is 16.5. The molecule has 1 unspecified atom stereocenters. The summed E-state index contributed by atoms with van der Waals surface area (Å²) in [6, 6.07) is 17.4. The first-order chi connectivity index (χ1) is 12.2. The Bertz CT molecular complexity index is 843. The molecule has 1 atom stereocenters. The number of nitrogens with one attached hydrogen (secondary N) is 1. The van der Waals surface area contributed by atoms with Crippen molar-refractivity contribution < 1.29 is 9.53 Å². The molecule has 3 rings (SSSR count). The highest BCUT2D eigenvalue weighted by molar-refractivity contribution is 5.79. The first kappa shape index (κ1) is 16.8. The van der Waals surface area contributed by atoms with E-state index in [1.807, 2.05) is 67.7 Å². The molecule has 1 amide bonds. The maximum absolute atomic E-state index is 12.4. The Morgan fingerprint density at radius 1 is 1.16 bits per heavy atom. The lowest BCUT2D eigenvalue weighted by atomic mass is 10.1. The minimum absolute atomic E-state index is 0.0500. The third-order valence-corrected chi connectivity index (χ3v) is 4.00. The van der Waals surface area contributed by atoms with Crippen LogP contribution < -0.4 is 10.1 Å². The van der Waals surface area contributed by atoms with Crippen LogP contribution in [0.5, 0.6) is 5.75 Å². The third-order valence-electron chi connectivity index (χ3n) is 4.00. The molecule has 0 fully saturated rings. The Hall–Kier alpha value is -3.08. The summed E-state index contributed by atoms with van der Waals surface area (Å²) in [4.78, 5) is 12.4. The average molecular weight is 335 g/mol. The van der Waals surface area contributed by atoms with E-state index in [1.165, 1.54) is 0 Å². The first-order valence-corrected chi connectivity index (χ1v) is 8.18. The van der Waals surface area contributed by atoms with E-state index in [0.717, 1.165) is 22.6 Å². The molecule has 0 spiro atoms. The standard InChI is InChI=1S/C20H21N3O2/c1-15(18-10-6-7-11-19(18)25-2)22-20(24)12-16-13-21-23(14-16)17-8-4-3-5-9-17/h3-11,13-15H,12H2,1-2H3,(H,22,24). The van der Waals surface area contributed by atoms with Crippen LogP contribution >= 0.6 is 0 Å². The van der Waals surface area contributed by atoms with Crippen LogP contribution in [0.2, 0.25) is 0 Å². The second-order valence-corrected chi connectivity index (χ2v) is 5.84. The maximum Gasteiger partial charge on any atom is 0.225 e. The summed E-state index contributed by atoms with van der Waals surface area (Å²) in [5.41, 5.74) is 2.79. The minimum atomic E-state index is -0.132. The van der Waals surface area contributed by atoms with Crippen molar-refractivity contribution in [1.82, 2.24) is 15.1 Å². The van der Waals surface area contributed by atoms with E-state index in [0.29, 0.717) is 0 Å². The summed E-state index contributed by atoms with van der Waals surface area (Å²) in [7, 11) is 1.63. The molecular formula is C20H21N3O2. The van der Waals surface area contributed by atoms with Crippen LogP contribution in [0.1, 0.15) is 24.1 Å². The lowest BCUT2D eigenvalue weighted by molar-refractivity contribution is -0.121. The molecule has 0 aliphatic carbocycles. The first-order valence-electron chi connectivity index (χ1n) is 8.18. The Labute approximate surface area is 147 Å². The molecule has 5 nitrogen and oxygen atoms in total. The average Bonchev–Trinajstić information content (AvgIpc) is 3.10. The van der Waals surface area contributed by atoms with Crippen molar-refractivity contribution in [3.63, 3.8) is 0 Å². The van der Waals surface area contributed by atoms with Crippen LogP contribution in [-0.4, -0.2) is 22.8 Å². The van der Waals surface area contributed by atoms with Crippen molar-refractivity contribution >= 4 is 5.91 Å². The molecule has 3 aromatic rings. The van der Waals surface area contributed by atoms with Gasteiger partial charge in [0, 0.05) is 11.8 Å². The number of hydrogen-bond donors (Lipinski definition) is 1. The Morgan fingerprint density at radius 2 is 1.88 bits per heavy atom. The zero-order chi connectivity index (χ0) is 17.6. The monoisotopic (exact) mass is 335 g/mol.